The lowest BCUT2D eigenvalue weighted by Gasteiger charge is -2.10. The average molecular weight is 130 g/mol. The van der Waals surface area contributed by atoms with E-state index in [9.17, 15) is 0 Å². The molecule has 0 bridgehead atoms. The van der Waals surface area contributed by atoms with Crippen LogP contribution in [0, 0.1) is 24.7 Å². The molecule has 0 nitrogen and oxygen atoms in total. The molecule has 0 heterocycles. The summed E-state index contributed by atoms with van der Waals surface area (Å²) < 4.78 is 0. The molecule has 1 aliphatic carbocycles. The summed E-state index contributed by atoms with van der Waals surface area (Å²) in [7, 11) is 0. The highest BCUT2D eigenvalue weighted by Gasteiger charge is 2.07. The fourth-order valence-corrected chi connectivity index (χ4v) is 1.22. The summed E-state index contributed by atoms with van der Waals surface area (Å²) in [5.41, 5.74) is 2.10. The standard InChI is InChI=1S/C10H10/c1-3-9-7-5-6-8-10(9)4-2/h1-2H,5-8H2. The molecule has 0 aromatic carbocycles. The first-order valence-electron chi connectivity index (χ1n) is 3.53. The molecule has 1 rings (SSSR count). The molecule has 0 aromatic rings. The van der Waals surface area contributed by atoms with E-state index >= 15 is 0 Å². The second-order valence-corrected chi connectivity index (χ2v) is 2.45. The van der Waals surface area contributed by atoms with Crippen LogP contribution in [0.5, 0.6) is 0 Å². The summed E-state index contributed by atoms with van der Waals surface area (Å²) in [6.07, 6.45) is 14.9. The molecule has 0 fully saturated rings. The third kappa shape index (κ3) is 1.23. The minimum absolute atomic E-state index is 1.01. The molecule has 0 atom stereocenters. The zero-order valence-electron chi connectivity index (χ0n) is 5.98. The molecule has 0 saturated heterocycles. The van der Waals surface area contributed by atoms with E-state index < -0.39 is 0 Å². The van der Waals surface area contributed by atoms with Crippen molar-refractivity contribution in [2.45, 2.75) is 25.7 Å². The van der Waals surface area contributed by atoms with E-state index in [1.165, 1.54) is 12.8 Å². The van der Waals surface area contributed by atoms with Crippen LogP contribution < -0.4 is 0 Å². The molecular weight excluding hydrogens is 120 g/mol. The van der Waals surface area contributed by atoms with E-state index in [4.69, 9.17) is 12.8 Å². The maximum absolute atomic E-state index is 5.27. The van der Waals surface area contributed by atoms with Gasteiger partial charge in [0.2, 0.25) is 0 Å². The summed E-state index contributed by atoms with van der Waals surface area (Å²) in [4.78, 5) is 0. The van der Waals surface area contributed by atoms with Crippen molar-refractivity contribution in [1.29, 1.82) is 0 Å². The lowest BCUT2D eigenvalue weighted by Crippen LogP contribution is -1.95. The second kappa shape index (κ2) is 3.14. The molecule has 0 unspecified atom stereocenters. The summed E-state index contributed by atoms with van der Waals surface area (Å²) in [6.45, 7) is 0. The van der Waals surface area contributed by atoms with Gasteiger partial charge in [0.1, 0.15) is 0 Å². The van der Waals surface area contributed by atoms with E-state index in [0.29, 0.717) is 0 Å². The lowest BCUT2D eigenvalue weighted by molar-refractivity contribution is 0.700. The Morgan fingerprint density at radius 1 is 0.900 bits per heavy atom. The van der Waals surface area contributed by atoms with Crippen LogP contribution in [0.4, 0.5) is 0 Å². The summed E-state index contributed by atoms with van der Waals surface area (Å²) >= 11 is 0. The molecular formula is C10H10. The topological polar surface area (TPSA) is 0 Å². The van der Waals surface area contributed by atoms with Crippen molar-refractivity contribution in [3.63, 3.8) is 0 Å². The molecule has 10 heavy (non-hydrogen) atoms. The Labute approximate surface area is 62.3 Å². The zero-order chi connectivity index (χ0) is 7.40. The van der Waals surface area contributed by atoms with Gasteiger partial charge in [-0.15, -0.1) is 12.8 Å². The third-order valence-electron chi connectivity index (χ3n) is 1.82. The Morgan fingerprint density at radius 2 is 1.30 bits per heavy atom. The fourth-order valence-electron chi connectivity index (χ4n) is 1.22. The van der Waals surface area contributed by atoms with Crippen molar-refractivity contribution in [2.75, 3.05) is 0 Å². The molecule has 0 saturated carbocycles. The highest BCUT2D eigenvalue weighted by Crippen LogP contribution is 2.22. The van der Waals surface area contributed by atoms with Crippen molar-refractivity contribution < 1.29 is 0 Å². The first kappa shape index (κ1) is 6.97. The van der Waals surface area contributed by atoms with Crippen LogP contribution in [0.3, 0.4) is 0 Å². The van der Waals surface area contributed by atoms with Crippen LogP contribution >= 0.6 is 0 Å². The molecule has 0 N–H and O–H groups in total. The van der Waals surface area contributed by atoms with Gasteiger partial charge in [-0.3, -0.25) is 0 Å². The molecule has 0 heteroatoms. The maximum atomic E-state index is 5.27. The van der Waals surface area contributed by atoms with Gasteiger partial charge in [0.15, 0.2) is 0 Å². The number of terminal acetylenes is 2. The van der Waals surface area contributed by atoms with Gasteiger partial charge >= 0.3 is 0 Å². The third-order valence-corrected chi connectivity index (χ3v) is 1.82. The van der Waals surface area contributed by atoms with Crippen molar-refractivity contribution in [3.8, 4) is 24.7 Å². The van der Waals surface area contributed by atoms with Gasteiger partial charge in [-0.2, -0.15) is 0 Å². The Bertz CT molecular complexity index is 204. The normalized spacial score (nSPS) is 17.8. The van der Waals surface area contributed by atoms with Crippen LogP contribution in [0.2, 0.25) is 0 Å². The number of hydrogen-bond acceptors (Lipinski definition) is 0. The zero-order valence-corrected chi connectivity index (χ0v) is 5.98. The smallest absolute Gasteiger partial charge is 0.0133 e. The number of hydrogen-bond donors (Lipinski definition) is 0. The Hall–Kier alpha value is -1.14. The summed E-state index contributed by atoms with van der Waals surface area (Å²) in [6, 6.07) is 0. The minimum Gasteiger partial charge on any atom is -0.115 e. The SMILES string of the molecule is C#CC1=C(C#C)CCCC1. The second-order valence-electron chi connectivity index (χ2n) is 2.45. The van der Waals surface area contributed by atoms with Crippen LogP contribution in [0.15, 0.2) is 11.1 Å². The first-order chi connectivity index (χ1) is 4.88. The van der Waals surface area contributed by atoms with E-state index in [0.717, 1.165) is 24.0 Å². The molecule has 0 amide bonds. The Morgan fingerprint density at radius 3 is 1.60 bits per heavy atom. The maximum Gasteiger partial charge on any atom is 0.0133 e. The van der Waals surface area contributed by atoms with Gasteiger partial charge in [0.05, 0.1) is 0 Å². The van der Waals surface area contributed by atoms with E-state index in [1.54, 1.807) is 0 Å². The number of allylic oxidation sites excluding steroid dienone is 2. The van der Waals surface area contributed by atoms with Crippen LogP contribution in [-0.2, 0) is 0 Å². The van der Waals surface area contributed by atoms with Gasteiger partial charge in [-0.1, -0.05) is 11.8 Å². The summed E-state index contributed by atoms with van der Waals surface area (Å²) in [5, 5.41) is 0. The van der Waals surface area contributed by atoms with Gasteiger partial charge in [-0.05, 0) is 25.7 Å². The monoisotopic (exact) mass is 130 g/mol. The number of rotatable bonds is 0. The molecule has 0 aromatic heterocycles. The molecule has 50 valence electrons. The predicted molar refractivity (Wildman–Crippen MR) is 43.2 cm³/mol. The van der Waals surface area contributed by atoms with E-state index in [2.05, 4.69) is 11.8 Å². The lowest BCUT2D eigenvalue weighted by atomic mass is 9.93. The van der Waals surface area contributed by atoms with Crippen molar-refractivity contribution in [2.24, 2.45) is 0 Å². The van der Waals surface area contributed by atoms with Crippen LogP contribution in [-0.4, -0.2) is 0 Å². The van der Waals surface area contributed by atoms with Crippen molar-refractivity contribution >= 4 is 0 Å². The average Bonchev–Trinajstić information content (AvgIpc) is 2.04. The van der Waals surface area contributed by atoms with Gasteiger partial charge < -0.3 is 0 Å². The highest BCUT2D eigenvalue weighted by atomic mass is 14.1. The van der Waals surface area contributed by atoms with Gasteiger partial charge in [0.25, 0.3) is 0 Å². The Balaban J connectivity index is 2.88. The van der Waals surface area contributed by atoms with E-state index in [-0.39, 0.29) is 0 Å². The van der Waals surface area contributed by atoms with Crippen LogP contribution in [0.1, 0.15) is 25.7 Å². The van der Waals surface area contributed by atoms with E-state index in [1.807, 2.05) is 0 Å². The fraction of sp³-hybridized carbons (Fsp3) is 0.400. The molecule has 1 aliphatic rings. The highest BCUT2D eigenvalue weighted by molar-refractivity contribution is 5.41. The molecule has 0 radical (unpaired) electrons. The Kier molecular flexibility index (Phi) is 2.19. The minimum atomic E-state index is 1.01. The quantitative estimate of drug-likeness (QED) is 0.441. The molecule has 0 spiro atoms. The van der Waals surface area contributed by atoms with Crippen LogP contribution in [0.25, 0.3) is 0 Å². The predicted octanol–water partition coefficient (Wildman–Crippen LogP) is 2.12. The van der Waals surface area contributed by atoms with Gasteiger partial charge in [0, 0.05) is 11.1 Å². The largest absolute Gasteiger partial charge is 0.115 e. The molecule has 0 aliphatic heterocycles. The van der Waals surface area contributed by atoms with Gasteiger partial charge in [-0.25, -0.2) is 0 Å². The van der Waals surface area contributed by atoms with Crippen molar-refractivity contribution in [1.82, 2.24) is 0 Å². The van der Waals surface area contributed by atoms with Crippen molar-refractivity contribution in [3.05, 3.63) is 11.1 Å². The summed E-state index contributed by atoms with van der Waals surface area (Å²) in [5.74, 6) is 5.28. The first-order valence-corrected chi connectivity index (χ1v) is 3.53.